The molecule has 0 radical (unpaired) electrons. The van der Waals surface area contributed by atoms with E-state index in [1.807, 2.05) is 48.5 Å². The number of piperidine rings is 1. The Labute approximate surface area is 159 Å². The monoisotopic (exact) mass is 367 g/mol. The average Bonchev–Trinajstić information content (AvgIpc) is 2.73. The zero-order valence-electron chi connectivity index (χ0n) is 15.6. The highest BCUT2D eigenvalue weighted by Gasteiger charge is 2.30. The van der Waals surface area contributed by atoms with Crippen molar-refractivity contribution in [2.24, 2.45) is 5.92 Å². The second kappa shape index (κ2) is 9.21. The topological polar surface area (TPSA) is 55.8 Å². The molecule has 1 saturated heterocycles. The van der Waals surface area contributed by atoms with Crippen molar-refractivity contribution in [2.75, 3.05) is 19.7 Å². The fraction of sp³-hybridized carbons (Fsp3) is 0.364. The van der Waals surface area contributed by atoms with E-state index in [0.717, 1.165) is 18.4 Å². The van der Waals surface area contributed by atoms with Crippen LogP contribution in [0.3, 0.4) is 0 Å². The molecule has 2 aromatic carbocycles. The lowest BCUT2D eigenvalue weighted by atomic mass is 9.97. The lowest BCUT2D eigenvalue weighted by Gasteiger charge is -2.32. The Hall–Kier alpha value is -2.82. The maximum Gasteiger partial charge on any atom is 0.310 e. The standard InChI is InChI=1S/C22H25NO4/c1-2-26-22(25)18-11-8-14-23(15-18)21(24)19-12-6-7-13-20(19)27-16-17-9-4-3-5-10-17/h3-7,9-10,12-13,18H,2,8,11,14-16H2,1H3/t18-/m1/s1. The predicted octanol–water partition coefficient (Wildman–Crippen LogP) is 3.68. The van der Waals surface area contributed by atoms with E-state index in [-0.39, 0.29) is 17.8 Å². The van der Waals surface area contributed by atoms with E-state index in [0.29, 0.717) is 37.6 Å². The number of amides is 1. The van der Waals surface area contributed by atoms with Crippen molar-refractivity contribution in [1.29, 1.82) is 0 Å². The number of hydrogen-bond donors (Lipinski definition) is 0. The third kappa shape index (κ3) is 4.88. The fourth-order valence-corrected chi connectivity index (χ4v) is 3.29. The lowest BCUT2D eigenvalue weighted by Crippen LogP contribution is -2.42. The van der Waals surface area contributed by atoms with Gasteiger partial charge in [0.05, 0.1) is 18.1 Å². The summed E-state index contributed by atoms with van der Waals surface area (Å²) in [7, 11) is 0. The van der Waals surface area contributed by atoms with Gasteiger partial charge in [0, 0.05) is 13.1 Å². The third-order valence-corrected chi connectivity index (χ3v) is 4.68. The second-order valence-corrected chi connectivity index (χ2v) is 6.61. The number of nitrogens with zero attached hydrogens (tertiary/aromatic N) is 1. The average molecular weight is 367 g/mol. The Morgan fingerprint density at radius 2 is 1.81 bits per heavy atom. The van der Waals surface area contributed by atoms with Crippen LogP contribution in [0.4, 0.5) is 0 Å². The molecule has 0 aliphatic carbocycles. The van der Waals surface area contributed by atoms with Crippen LogP contribution in [0, 0.1) is 5.92 Å². The molecule has 0 N–H and O–H groups in total. The molecule has 5 heteroatoms. The van der Waals surface area contributed by atoms with Crippen molar-refractivity contribution in [2.45, 2.75) is 26.4 Å². The molecule has 142 valence electrons. The second-order valence-electron chi connectivity index (χ2n) is 6.61. The van der Waals surface area contributed by atoms with Crippen LogP contribution in [0.1, 0.15) is 35.7 Å². The number of hydrogen-bond acceptors (Lipinski definition) is 4. The third-order valence-electron chi connectivity index (χ3n) is 4.68. The van der Waals surface area contributed by atoms with Gasteiger partial charge in [0.25, 0.3) is 5.91 Å². The fourth-order valence-electron chi connectivity index (χ4n) is 3.29. The van der Waals surface area contributed by atoms with E-state index < -0.39 is 0 Å². The largest absolute Gasteiger partial charge is 0.488 e. The highest BCUT2D eigenvalue weighted by Crippen LogP contribution is 2.25. The highest BCUT2D eigenvalue weighted by molar-refractivity contribution is 5.97. The molecule has 0 saturated carbocycles. The van der Waals surface area contributed by atoms with Gasteiger partial charge in [-0.05, 0) is 37.5 Å². The van der Waals surface area contributed by atoms with Gasteiger partial charge in [-0.25, -0.2) is 0 Å². The van der Waals surface area contributed by atoms with Crippen LogP contribution in [0.5, 0.6) is 5.75 Å². The normalized spacial score (nSPS) is 16.6. The Morgan fingerprint density at radius 3 is 2.59 bits per heavy atom. The van der Waals surface area contributed by atoms with E-state index in [1.165, 1.54) is 0 Å². The van der Waals surface area contributed by atoms with Crippen LogP contribution < -0.4 is 4.74 Å². The number of carbonyl (C=O) groups is 2. The van der Waals surface area contributed by atoms with Crippen LogP contribution >= 0.6 is 0 Å². The number of carbonyl (C=O) groups excluding carboxylic acids is 2. The van der Waals surface area contributed by atoms with Gasteiger partial charge < -0.3 is 14.4 Å². The summed E-state index contributed by atoms with van der Waals surface area (Å²) in [6, 6.07) is 17.1. The van der Waals surface area contributed by atoms with Gasteiger partial charge in [-0.1, -0.05) is 42.5 Å². The van der Waals surface area contributed by atoms with Crippen molar-refractivity contribution < 1.29 is 19.1 Å². The first-order chi connectivity index (χ1) is 13.2. The van der Waals surface area contributed by atoms with Gasteiger partial charge in [-0.2, -0.15) is 0 Å². The van der Waals surface area contributed by atoms with E-state index in [2.05, 4.69) is 0 Å². The summed E-state index contributed by atoms with van der Waals surface area (Å²) in [6.45, 7) is 3.59. The Balaban J connectivity index is 1.70. The SMILES string of the molecule is CCOC(=O)[C@@H]1CCCN(C(=O)c2ccccc2OCc2ccccc2)C1. The van der Waals surface area contributed by atoms with E-state index >= 15 is 0 Å². The first kappa shape index (κ1) is 19.0. The van der Waals surface area contributed by atoms with Crippen LogP contribution in [0.2, 0.25) is 0 Å². The summed E-state index contributed by atoms with van der Waals surface area (Å²) in [5.74, 6) is -0.0130. The van der Waals surface area contributed by atoms with Gasteiger partial charge in [0.2, 0.25) is 0 Å². The number of rotatable bonds is 6. The minimum absolute atomic E-state index is 0.104. The summed E-state index contributed by atoms with van der Waals surface area (Å²) in [5, 5.41) is 0. The maximum absolute atomic E-state index is 13.1. The molecule has 5 nitrogen and oxygen atoms in total. The van der Waals surface area contributed by atoms with Crippen LogP contribution in [-0.2, 0) is 16.1 Å². The Bertz CT molecular complexity index is 775. The molecule has 0 aromatic heterocycles. The molecule has 0 unspecified atom stereocenters. The zero-order chi connectivity index (χ0) is 19.1. The van der Waals surface area contributed by atoms with Crippen LogP contribution in [0.15, 0.2) is 54.6 Å². The molecule has 1 fully saturated rings. The zero-order valence-corrected chi connectivity index (χ0v) is 15.6. The smallest absolute Gasteiger partial charge is 0.310 e. The van der Waals surface area contributed by atoms with Gasteiger partial charge in [-0.15, -0.1) is 0 Å². The molecule has 1 heterocycles. The molecule has 3 rings (SSSR count). The van der Waals surface area contributed by atoms with Gasteiger partial charge >= 0.3 is 5.97 Å². The predicted molar refractivity (Wildman–Crippen MR) is 102 cm³/mol. The summed E-state index contributed by atoms with van der Waals surface area (Å²) in [4.78, 5) is 26.8. The van der Waals surface area contributed by atoms with E-state index in [9.17, 15) is 9.59 Å². The minimum atomic E-state index is -0.250. The molecule has 1 aliphatic rings. The van der Waals surface area contributed by atoms with Crippen molar-refractivity contribution in [3.63, 3.8) is 0 Å². The molecule has 27 heavy (non-hydrogen) atoms. The number of likely N-dealkylation sites (tertiary alicyclic amines) is 1. The summed E-state index contributed by atoms with van der Waals surface area (Å²) < 4.78 is 11.0. The van der Waals surface area contributed by atoms with E-state index in [1.54, 1.807) is 17.9 Å². The van der Waals surface area contributed by atoms with Gasteiger partial charge in [-0.3, -0.25) is 9.59 Å². The number of benzene rings is 2. The molecule has 0 spiro atoms. The maximum atomic E-state index is 13.1. The molecule has 0 bridgehead atoms. The molecule has 2 aromatic rings. The number of para-hydroxylation sites is 1. The Morgan fingerprint density at radius 1 is 1.07 bits per heavy atom. The minimum Gasteiger partial charge on any atom is -0.488 e. The lowest BCUT2D eigenvalue weighted by molar-refractivity contribution is -0.149. The van der Waals surface area contributed by atoms with Crippen molar-refractivity contribution in [3.8, 4) is 5.75 Å². The van der Waals surface area contributed by atoms with Crippen molar-refractivity contribution in [1.82, 2.24) is 4.90 Å². The first-order valence-electron chi connectivity index (χ1n) is 9.40. The van der Waals surface area contributed by atoms with Crippen molar-refractivity contribution in [3.05, 3.63) is 65.7 Å². The molecular weight excluding hydrogens is 342 g/mol. The number of ether oxygens (including phenoxy) is 2. The quantitative estimate of drug-likeness (QED) is 0.731. The highest BCUT2D eigenvalue weighted by atomic mass is 16.5. The molecular formula is C22H25NO4. The summed E-state index contributed by atoms with van der Waals surface area (Å²) in [5.41, 5.74) is 1.57. The first-order valence-corrected chi connectivity index (χ1v) is 9.40. The Kier molecular flexibility index (Phi) is 6.47. The van der Waals surface area contributed by atoms with Gasteiger partial charge in [0.15, 0.2) is 0 Å². The van der Waals surface area contributed by atoms with Crippen LogP contribution in [-0.4, -0.2) is 36.5 Å². The summed E-state index contributed by atoms with van der Waals surface area (Å²) in [6.07, 6.45) is 1.55. The molecule has 1 atom stereocenters. The molecule has 1 aliphatic heterocycles. The van der Waals surface area contributed by atoms with Gasteiger partial charge in [0.1, 0.15) is 12.4 Å². The number of esters is 1. The van der Waals surface area contributed by atoms with Crippen molar-refractivity contribution >= 4 is 11.9 Å². The van der Waals surface area contributed by atoms with E-state index in [4.69, 9.17) is 9.47 Å². The molecule has 1 amide bonds. The summed E-state index contributed by atoms with van der Waals surface area (Å²) >= 11 is 0. The van der Waals surface area contributed by atoms with Crippen LogP contribution in [0.25, 0.3) is 0 Å².